The molecule has 0 amide bonds. The first-order chi connectivity index (χ1) is 8.96. The molecule has 0 fully saturated rings. The van der Waals surface area contributed by atoms with E-state index in [0.29, 0.717) is 0 Å². The van der Waals surface area contributed by atoms with Crippen molar-refractivity contribution in [1.82, 2.24) is 5.32 Å². The molecule has 1 heteroatoms. The minimum absolute atomic E-state index is 0.247. The van der Waals surface area contributed by atoms with Crippen LogP contribution in [0.5, 0.6) is 0 Å². The summed E-state index contributed by atoms with van der Waals surface area (Å²) in [5, 5.41) is 3.56. The van der Waals surface area contributed by atoms with Crippen molar-refractivity contribution in [2.24, 2.45) is 0 Å². The average Bonchev–Trinajstić information content (AvgIpc) is 2.36. The van der Waals surface area contributed by atoms with Gasteiger partial charge in [-0.3, -0.25) is 0 Å². The Hall–Kier alpha value is -0.820. The van der Waals surface area contributed by atoms with Crippen molar-refractivity contribution < 1.29 is 0 Å². The van der Waals surface area contributed by atoms with Crippen LogP contribution in [0.15, 0.2) is 18.2 Å². The summed E-state index contributed by atoms with van der Waals surface area (Å²) in [7, 11) is 0. The van der Waals surface area contributed by atoms with Crippen LogP contribution in [0.4, 0.5) is 0 Å². The van der Waals surface area contributed by atoms with Crippen molar-refractivity contribution in [2.75, 3.05) is 6.54 Å². The number of hydrogen-bond acceptors (Lipinski definition) is 1. The number of rotatable bonds is 7. The van der Waals surface area contributed by atoms with Crippen molar-refractivity contribution in [3.8, 4) is 0 Å². The first kappa shape index (κ1) is 16.2. The second kappa shape index (κ2) is 7.69. The Morgan fingerprint density at radius 1 is 0.947 bits per heavy atom. The monoisotopic (exact) mass is 261 g/mol. The Balaban J connectivity index is 2.43. The summed E-state index contributed by atoms with van der Waals surface area (Å²) in [6, 6.07) is 7.01. The third kappa shape index (κ3) is 6.24. The van der Waals surface area contributed by atoms with E-state index in [4.69, 9.17) is 0 Å². The number of benzene rings is 1. The minimum Gasteiger partial charge on any atom is -0.312 e. The van der Waals surface area contributed by atoms with Gasteiger partial charge in [0.05, 0.1) is 0 Å². The van der Waals surface area contributed by atoms with Crippen molar-refractivity contribution in [3.05, 3.63) is 34.9 Å². The summed E-state index contributed by atoms with van der Waals surface area (Å²) < 4.78 is 0. The zero-order valence-electron chi connectivity index (χ0n) is 13.5. The van der Waals surface area contributed by atoms with Gasteiger partial charge in [0.25, 0.3) is 0 Å². The van der Waals surface area contributed by atoms with Crippen LogP contribution in [0.25, 0.3) is 0 Å². The fourth-order valence-electron chi connectivity index (χ4n) is 2.38. The summed E-state index contributed by atoms with van der Waals surface area (Å²) >= 11 is 0. The highest BCUT2D eigenvalue weighted by atomic mass is 14.9. The highest BCUT2D eigenvalue weighted by Crippen LogP contribution is 2.16. The molecular formula is C18H31N. The largest absolute Gasteiger partial charge is 0.312 e. The maximum atomic E-state index is 3.56. The van der Waals surface area contributed by atoms with Crippen molar-refractivity contribution in [3.63, 3.8) is 0 Å². The summed E-state index contributed by atoms with van der Waals surface area (Å²) in [6.07, 6.45) is 6.06. The Kier molecular flexibility index (Phi) is 6.57. The molecule has 1 rings (SSSR count). The normalized spacial score (nSPS) is 11.8. The van der Waals surface area contributed by atoms with Crippen LogP contribution in [0.3, 0.4) is 0 Å². The van der Waals surface area contributed by atoms with E-state index < -0.39 is 0 Å². The topological polar surface area (TPSA) is 12.0 Å². The number of nitrogens with one attached hydrogen (secondary N) is 1. The van der Waals surface area contributed by atoms with Crippen LogP contribution in [0, 0.1) is 0 Å². The lowest BCUT2D eigenvalue weighted by molar-refractivity contribution is 0.419. The highest BCUT2D eigenvalue weighted by molar-refractivity contribution is 5.32. The van der Waals surface area contributed by atoms with Gasteiger partial charge in [0.1, 0.15) is 0 Å². The van der Waals surface area contributed by atoms with Crippen LogP contribution < -0.4 is 5.32 Å². The molecule has 1 N–H and O–H groups in total. The molecule has 0 heterocycles. The molecule has 0 saturated carbocycles. The molecule has 0 aromatic heterocycles. The quantitative estimate of drug-likeness (QED) is 0.711. The van der Waals surface area contributed by atoms with E-state index in [-0.39, 0.29) is 5.54 Å². The van der Waals surface area contributed by atoms with Gasteiger partial charge in [-0.1, -0.05) is 32.0 Å². The minimum atomic E-state index is 0.247. The van der Waals surface area contributed by atoms with Gasteiger partial charge < -0.3 is 5.32 Å². The standard InChI is InChI=1S/C18H31N/c1-6-15-11-12-16(7-2)17(14-15)10-8-9-13-19-18(3,4)5/h11-12,14,19H,6-10,13H2,1-5H3. The van der Waals surface area contributed by atoms with Crippen LogP contribution in [-0.4, -0.2) is 12.1 Å². The summed E-state index contributed by atoms with van der Waals surface area (Å²) in [4.78, 5) is 0. The molecule has 108 valence electrons. The van der Waals surface area contributed by atoms with Gasteiger partial charge in [-0.25, -0.2) is 0 Å². The fraction of sp³-hybridized carbons (Fsp3) is 0.667. The van der Waals surface area contributed by atoms with Crippen LogP contribution in [-0.2, 0) is 19.3 Å². The third-order valence-corrected chi connectivity index (χ3v) is 3.59. The molecule has 0 saturated heterocycles. The van der Waals surface area contributed by atoms with Gasteiger partial charge in [-0.05, 0) is 76.1 Å². The molecule has 0 aliphatic carbocycles. The van der Waals surface area contributed by atoms with E-state index in [0.717, 1.165) is 19.4 Å². The number of aryl methyl sites for hydroxylation is 3. The predicted molar refractivity (Wildman–Crippen MR) is 85.9 cm³/mol. The lowest BCUT2D eigenvalue weighted by Crippen LogP contribution is -2.36. The molecule has 1 nitrogen and oxygen atoms in total. The van der Waals surface area contributed by atoms with Gasteiger partial charge in [0, 0.05) is 5.54 Å². The lowest BCUT2D eigenvalue weighted by atomic mass is 9.96. The molecule has 19 heavy (non-hydrogen) atoms. The molecule has 0 bridgehead atoms. The Morgan fingerprint density at radius 3 is 2.26 bits per heavy atom. The van der Waals surface area contributed by atoms with Gasteiger partial charge in [0.15, 0.2) is 0 Å². The van der Waals surface area contributed by atoms with E-state index >= 15 is 0 Å². The zero-order chi connectivity index (χ0) is 14.3. The van der Waals surface area contributed by atoms with Gasteiger partial charge in [-0.2, -0.15) is 0 Å². The first-order valence-electron chi connectivity index (χ1n) is 7.82. The SMILES string of the molecule is CCc1ccc(CC)c(CCCCNC(C)(C)C)c1. The van der Waals surface area contributed by atoms with Gasteiger partial charge in [-0.15, -0.1) is 0 Å². The van der Waals surface area contributed by atoms with E-state index in [1.165, 1.54) is 30.4 Å². The highest BCUT2D eigenvalue weighted by Gasteiger charge is 2.07. The molecule has 0 aliphatic rings. The van der Waals surface area contributed by atoms with E-state index in [1.807, 2.05) is 0 Å². The van der Waals surface area contributed by atoms with Crippen molar-refractivity contribution in [2.45, 2.75) is 72.3 Å². The van der Waals surface area contributed by atoms with Crippen LogP contribution >= 0.6 is 0 Å². The molecule has 0 aliphatic heterocycles. The lowest BCUT2D eigenvalue weighted by Gasteiger charge is -2.20. The van der Waals surface area contributed by atoms with Crippen LogP contribution in [0.1, 0.15) is 64.2 Å². The smallest absolute Gasteiger partial charge is 0.00965 e. The predicted octanol–water partition coefficient (Wildman–Crippen LogP) is 4.52. The maximum Gasteiger partial charge on any atom is 0.00965 e. The Morgan fingerprint density at radius 2 is 1.68 bits per heavy atom. The molecule has 0 unspecified atom stereocenters. The second-order valence-electron chi connectivity index (χ2n) is 6.44. The number of hydrogen-bond donors (Lipinski definition) is 1. The number of unbranched alkanes of at least 4 members (excludes halogenated alkanes) is 1. The molecule has 1 aromatic rings. The molecule has 0 atom stereocenters. The second-order valence-corrected chi connectivity index (χ2v) is 6.44. The Bertz CT molecular complexity index is 374. The van der Waals surface area contributed by atoms with E-state index in [1.54, 1.807) is 5.56 Å². The van der Waals surface area contributed by atoms with E-state index in [9.17, 15) is 0 Å². The molecule has 0 spiro atoms. The van der Waals surface area contributed by atoms with Crippen molar-refractivity contribution in [1.29, 1.82) is 0 Å². The fourth-order valence-corrected chi connectivity index (χ4v) is 2.38. The average molecular weight is 261 g/mol. The molecular weight excluding hydrogens is 230 g/mol. The van der Waals surface area contributed by atoms with Gasteiger partial charge >= 0.3 is 0 Å². The third-order valence-electron chi connectivity index (χ3n) is 3.59. The maximum absolute atomic E-state index is 3.56. The summed E-state index contributed by atoms with van der Waals surface area (Å²) in [5.41, 5.74) is 4.81. The van der Waals surface area contributed by atoms with Crippen LogP contribution in [0.2, 0.25) is 0 Å². The first-order valence-corrected chi connectivity index (χ1v) is 7.82. The zero-order valence-corrected chi connectivity index (χ0v) is 13.5. The Labute approximate surface area is 119 Å². The van der Waals surface area contributed by atoms with Gasteiger partial charge in [0.2, 0.25) is 0 Å². The molecule has 0 radical (unpaired) electrons. The van der Waals surface area contributed by atoms with E-state index in [2.05, 4.69) is 58.1 Å². The summed E-state index contributed by atoms with van der Waals surface area (Å²) in [5.74, 6) is 0. The van der Waals surface area contributed by atoms with Crippen molar-refractivity contribution >= 4 is 0 Å². The summed E-state index contributed by atoms with van der Waals surface area (Å²) in [6.45, 7) is 12.3. The molecule has 1 aromatic carbocycles.